The van der Waals surface area contributed by atoms with Gasteiger partial charge in [0.25, 0.3) is 5.56 Å². The van der Waals surface area contributed by atoms with E-state index in [1.54, 1.807) is 14.2 Å². The topological polar surface area (TPSA) is 89.0 Å². The van der Waals surface area contributed by atoms with Crippen molar-refractivity contribution in [3.63, 3.8) is 0 Å². The Balaban J connectivity index is 1.67. The average molecular weight is 386 g/mol. The van der Waals surface area contributed by atoms with E-state index in [1.165, 1.54) is 16.3 Å². The van der Waals surface area contributed by atoms with Gasteiger partial charge in [-0.15, -0.1) is 0 Å². The van der Waals surface area contributed by atoms with Gasteiger partial charge in [0.15, 0.2) is 5.16 Å². The van der Waals surface area contributed by atoms with Crippen molar-refractivity contribution >= 4 is 28.7 Å². The fourth-order valence-corrected chi connectivity index (χ4v) is 3.58. The number of methoxy groups -OCH3 is 1. The first-order chi connectivity index (χ1) is 12.9. The van der Waals surface area contributed by atoms with Crippen LogP contribution in [0, 0.1) is 6.92 Å². The van der Waals surface area contributed by atoms with Gasteiger partial charge >= 0.3 is 0 Å². The number of hydrogen-bond donors (Lipinski definition) is 2. The number of H-pyrrole nitrogens is 1. The number of rotatable bonds is 6. The maximum absolute atomic E-state index is 12.4. The molecule has 2 heterocycles. The number of carbonyl (C=O) groups is 1. The second-order valence-electron chi connectivity index (χ2n) is 6.33. The number of amides is 1. The summed E-state index contributed by atoms with van der Waals surface area (Å²) in [7, 11) is 3.27. The molecular weight excluding hydrogens is 364 g/mol. The Morgan fingerprint density at radius 2 is 2.19 bits per heavy atom. The lowest BCUT2D eigenvalue weighted by Gasteiger charge is -2.15. The van der Waals surface area contributed by atoms with Crippen LogP contribution in [0.4, 0.5) is 0 Å². The van der Waals surface area contributed by atoms with Gasteiger partial charge in [-0.2, -0.15) is 0 Å². The molecular formula is C19H22N4O3S. The van der Waals surface area contributed by atoms with Crippen LogP contribution in [0.15, 0.2) is 40.3 Å². The molecule has 0 aliphatic carbocycles. The van der Waals surface area contributed by atoms with Gasteiger partial charge in [-0.05, 0) is 37.6 Å². The summed E-state index contributed by atoms with van der Waals surface area (Å²) in [5.41, 5.74) is 2.78. The first-order valence-corrected chi connectivity index (χ1v) is 9.50. The summed E-state index contributed by atoms with van der Waals surface area (Å²) in [5.74, 6) is 0.788. The lowest BCUT2D eigenvalue weighted by Crippen LogP contribution is -2.28. The smallest absolute Gasteiger partial charge is 0.278 e. The van der Waals surface area contributed by atoms with Crippen molar-refractivity contribution in [2.75, 3.05) is 12.9 Å². The second kappa shape index (κ2) is 7.87. The molecule has 1 unspecified atom stereocenters. The predicted octanol–water partition coefficient (Wildman–Crippen LogP) is 2.55. The monoisotopic (exact) mass is 386 g/mol. The van der Waals surface area contributed by atoms with Crippen LogP contribution in [-0.4, -0.2) is 33.3 Å². The normalized spacial score (nSPS) is 12.1. The lowest BCUT2D eigenvalue weighted by atomic mass is 10.1. The SMILES string of the molecule is COc1cccc(C(C)NC(=O)CSc2nc3cc(C)[nH]c3c(=O)n2C)c1. The molecule has 0 bridgehead atoms. The predicted molar refractivity (Wildman–Crippen MR) is 106 cm³/mol. The molecule has 0 saturated carbocycles. The molecule has 0 radical (unpaired) electrons. The van der Waals surface area contributed by atoms with Gasteiger partial charge in [-0.25, -0.2) is 4.98 Å². The summed E-state index contributed by atoms with van der Waals surface area (Å²) in [6.07, 6.45) is 0. The summed E-state index contributed by atoms with van der Waals surface area (Å²) in [6, 6.07) is 9.25. The molecule has 7 nitrogen and oxygen atoms in total. The first kappa shape index (κ1) is 19.0. The molecule has 142 valence electrons. The summed E-state index contributed by atoms with van der Waals surface area (Å²) in [4.78, 5) is 32.2. The van der Waals surface area contributed by atoms with E-state index in [0.717, 1.165) is 17.0 Å². The van der Waals surface area contributed by atoms with Crippen LogP contribution in [0.5, 0.6) is 5.75 Å². The number of ether oxygens (including phenoxy) is 1. The Morgan fingerprint density at radius 3 is 2.93 bits per heavy atom. The van der Waals surface area contributed by atoms with Crippen LogP contribution >= 0.6 is 11.8 Å². The number of carbonyl (C=O) groups excluding carboxylic acids is 1. The second-order valence-corrected chi connectivity index (χ2v) is 7.27. The van der Waals surface area contributed by atoms with Gasteiger partial charge in [0.05, 0.1) is 24.4 Å². The first-order valence-electron chi connectivity index (χ1n) is 8.51. The van der Waals surface area contributed by atoms with E-state index in [4.69, 9.17) is 4.74 Å². The summed E-state index contributed by atoms with van der Waals surface area (Å²) in [6.45, 7) is 3.79. The molecule has 1 amide bonds. The van der Waals surface area contributed by atoms with Crippen molar-refractivity contribution in [1.29, 1.82) is 0 Å². The number of aryl methyl sites for hydroxylation is 1. The Labute approximate surface area is 161 Å². The Morgan fingerprint density at radius 1 is 1.41 bits per heavy atom. The van der Waals surface area contributed by atoms with Crippen molar-refractivity contribution in [2.45, 2.75) is 25.0 Å². The number of thioether (sulfide) groups is 1. The minimum absolute atomic E-state index is 0.130. The number of fused-ring (bicyclic) bond motifs is 1. The van der Waals surface area contributed by atoms with E-state index in [1.807, 2.05) is 44.2 Å². The Bertz CT molecular complexity index is 1040. The van der Waals surface area contributed by atoms with Crippen LogP contribution in [0.3, 0.4) is 0 Å². The molecule has 0 saturated heterocycles. The summed E-state index contributed by atoms with van der Waals surface area (Å²) < 4.78 is 6.68. The lowest BCUT2D eigenvalue weighted by molar-refractivity contribution is -0.119. The molecule has 27 heavy (non-hydrogen) atoms. The molecule has 1 aromatic carbocycles. The molecule has 3 aromatic rings. The molecule has 2 aromatic heterocycles. The maximum atomic E-state index is 12.4. The maximum Gasteiger partial charge on any atom is 0.278 e. The van der Waals surface area contributed by atoms with E-state index in [-0.39, 0.29) is 23.3 Å². The highest BCUT2D eigenvalue weighted by molar-refractivity contribution is 7.99. The highest BCUT2D eigenvalue weighted by Gasteiger charge is 2.14. The third-order valence-electron chi connectivity index (χ3n) is 4.26. The average Bonchev–Trinajstić information content (AvgIpc) is 3.04. The van der Waals surface area contributed by atoms with Gasteiger partial charge < -0.3 is 15.0 Å². The van der Waals surface area contributed by atoms with Gasteiger partial charge in [-0.1, -0.05) is 23.9 Å². The van der Waals surface area contributed by atoms with Crippen molar-refractivity contribution < 1.29 is 9.53 Å². The van der Waals surface area contributed by atoms with Crippen molar-refractivity contribution in [3.8, 4) is 5.75 Å². The summed E-state index contributed by atoms with van der Waals surface area (Å²) in [5, 5.41) is 3.47. The van der Waals surface area contributed by atoms with Crippen molar-refractivity contribution in [2.24, 2.45) is 7.05 Å². The Kier molecular flexibility index (Phi) is 5.55. The summed E-state index contributed by atoms with van der Waals surface area (Å²) >= 11 is 1.24. The van der Waals surface area contributed by atoms with Gasteiger partial charge in [-0.3, -0.25) is 14.2 Å². The highest BCUT2D eigenvalue weighted by atomic mass is 32.2. The van der Waals surface area contributed by atoms with Crippen LogP contribution in [0.2, 0.25) is 0 Å². The Hall–Kier alpha value is -2.74. The zero-order valence-corrected chi connectivity index (χ0v) is 16.5. The zero-order valence-electron chi connectivity index (χ0n) is 15.7. The van der Waals surface area contributed by atoms with E-state index in [9.17, 15) is 9.59 Å². The molecule has 0 fully saturated rings. The number of nitrogens with one attached hydrogen (secondary N) is 2. The highest BCUT2D eigenvalue weighted by Crippen LogP contribution is 2.20. The van der Waals surface area contributed by atoms with Crippen molar-refractivity contribution in [1.82, 2.24) is 19.9 Å². The molecule has 0 spiro atoms. The fourth-order valence-electron chi connectivity index (χ4n) is 2.79. The standard InChI is InChI=1S/C19H22N4O3S/c1-11-8-15-17(20-11)18(25)23(3)19(22-15)27-10-16(24)21-12(2)13-6-5-7-14(9-13)26-4/h5-9,12,20H,10H2,1-4H3,(H,21,24). The van der Waals surface area contributed by atoms with E-state index < -0.39 is 0 Å². The molecule has 8 heteroatoms. The van der Waals surface area contributed by atoms with E-state index in [0.29, 0.717) is 16.2 Å². The minimum Gasteiger partial charge on any atom is -0.497 e. The van der Waals surface area contributed by atoms with Gasteiger partial charge in [0.1, 0.15) is 11.3 Å². The number of aromatic amines is 1. The molecule has 2 N–H and O–H groups in total. The third-order valence-corrected chi connectivity index (χ3v) is 5.29. The third kappa shape index (κ3) is 4.16. The number of benzene rings is 1. The number of nitrogens with zero attached hydrogens (tertiary/aromatic N) is 2. The van der Waals surface area contributed by atoms with Crippen LogP contribution in [0.1, 0.15) is 24.2 Å². The van der Waals surface area contributed by atoms with Gasteiger partial charge in [0, 0.05) is 12.7 Å². The van der Waals surface area contributed by atoms with Gasteiger partial charge in [0.2, 0.25) is 5.91 Å². The van der Waals surface area contributed by atoms with Crippen LogP contribution < -0.4 is 15.6 Å². The molecule has 1 atom stereocenters. The van der Waals surface area contributed by atoms with E-state index in [2.05, 4.69) is 15.3 Å². The molecule has 0 aliphatic rings. The minimum atomic E-state index is -0.153. The van der Waals surface area contributed by atoms with Crippen molar-refractivity contribution in [3.05, 3.63) is 51.9 Å². The largest absolute Gasteiger partial charge is 0.497 e. The quantitative estimate of drug-likeness (QED) is 0.502. The molecule has 3 rings (SSSR count). The molecule has 0 aliphatic heterocycles. The number of aromatic nitrogens is 3. The van der Waals surface area contributed by atoms with Crippen LogP contribution in [-0.2, 0) is 11.8 Å². The zero-order chi connectivity index (χ0) is 19.6. The van der Waals surface area contributed by atoms with E-state index >= 15 is 0 Å². The fraction of sp³-hybridized carbons (Fsp3) is 0.316. The van der Waals surface area contributed by atoms with Crippen LogP contribution in [0.25, 0.3) is 11.0 Å². The number of hydrogen-bond acceptors (Lipinski definition) is 5.